The number of nitrogens with zero attached hydrogens (tertiary/aromatic N) is 1. The minimum Gasteiger partial charge on any atom is -0.443 e. The maximum atomic E-state index is 12.5. The van der Waals surface area contributed by atoms with Gasteiger partial charge < -0.3 is 14.8 Å². The zero-order valence-electron chi connectivity index (χ0n) is 14.8. The van der Waals surface area contributed by atoms with Gasteiger partial charge in [0.05, 0.1) is 5.69 Å². The summed E-state index contributed by atoms with van der Waals surface area (Å²) in [6.07, 6.45) is 0.412. The van der Waals surface area contributed by atoms with E-state index in [1.807, 2.05) is 33.8 Å². The van der Waals surface area contributed by atoms with Gasteiger partial charge in [-0.15, -0.1) is 0 Å². The van der Waals surface area contributed by atoms with Crippen LogP contribution in [0.3, 0.4) is 0 Å². The Balaban J connectivity index is 2.50. The zero-order chi connectivity index (χ0) is 17.6. The Hall–Kier alpha value is -1.53. The molecule has 0 bridgehead atoms. The molecule has 0 spiro atoms. The molecule has 5 nitrogen and oxygen atoms in total. The molecule has 23 heavy (non-hydrogen) atoms. The van der Waals surface area contributed by atoms with Crippen molar-refractivity contribution in [2.75, 3.05) is 11.4 Å². The van der Waals surface area contributed by atoms with Gasteiger partial charge in [0.1, 0.15) is 5.60 Å². The highest BCUT2D eigenvalue weighted by molar-refractivity contribution is 6.59. The van der Waals surface area contributed by atoms with Crippen molar-refractivity contribution in [3.8, 4) is 0 Å². The van der Waals surface area contributed by atoms with E-state index in [0.29, 0.717) is 12.0 Å². The molecule has 0 aliphatic carbocycles. The average molecular weight is 319 g/mol. The summed E-state index contributed by atoms with van der Waals surface area (Å²) in [5.74, 6) is 0. The lowest BCUT2D eigenvalue weighted by atomic mass is 9.70. The fraction of sp³-hybridized carbons (Fsp3) is 0.588. The second-order valence-corrected chi connectivity index (χ2v) is 7.87. The molecule has 0 fully saturated rings. The SMILES string of the molecule is Cc1cc2c(cc1B(O)O)C(C)(C)CCN2C(=O)OC(C)(C)C. The van der Waals surface area contributed by atoms with E-state index in [2.05, 4.69) is 13.8 Å². The molecule has 126 valence electrons. The molecular weight excluding hydrogens is 293 g/mol. The lowest BCUT2D eigenvalue weighted by Crippen LogP contribution is -2.45. The van der Waals surface area contributed by atoms with Crippen LogP contribution in [-0.4, -0.2) is 35.4 Å². The molecule has 2 rings (SSSR count). The van der Waals surface area contributed by atoms with Gasteiger partial charge in [-0.05, 0) is 62.2 Å². The van der Waals surface area contributed by atoms with Crippen LogP contribution in [0.15, 0.2) is 12.1 Å². The van der Waals surface area contributed by atoms with Gasteiger partial charge in [-0.25, -0.2) is 4.79 Å². The quantitative estimate of drug-likeness (QED) is 0.778. The van der Waals surface area contributed by atoms with E-state index in [9.17, 15) is 14.8 Å². The third-order valence-corrected chi connectivity index (χ3v) is 4.26. The van der Waals surface area contributed by atoms with Crippen molar-refractivity contribution in [2.24, 2.45) is 0 Å². The number of hydrogen-bond donors (Lipinski definition) is 2. The van der Waals surface area contributed by atoms with E-state index in [1.165, 1.54) is 0 Å². The second kappa shape index (κ2) is 5.84. The van der Waals surface area contributed by atoms with Crippen LogP contribution in [0, 0.1) is 6.92 Å². The molecule has 1 aromatic rings. The molecular formula is C17H26BNO4. The van der Waals surface area contributed by atoms with Crippen molar-refractivity contribution in [2.45, 2.75) is 59.0 Å². The Labute approximate surface area is 138 Å². The van der Waals surface area contributed by atoms with Gasteiger partial charge in [0, 0.05) is 6.54 Å². The van der Waals surface area contributed by atoms with E-state index < -0.39 is 12.7 Å². The number of benzene rings is 1. The van der Waals surface area contributed by atoms with Crippen LogP contribution < -0.4 is 10.4 Å². The summed E-state index contributed by atoms with van der Waals surface area (Å²) in [5, 5.41) is 19.1. The summed E-state index contributed by atoms with van der Waals surface area (Å²) in [5.41, 5.74) is 2.24. The van der Waals surface area contributed by atoms with Gasteiger partial charge in [-0.1, -0.05) is 19.9 Å². The molecule has 1 amide bonds. The number of rotatable bonds is 1. The smallest absolute Gasteiger partial charge is 0.443 e. The van der Waals surface area contributed by atoms with Crippen LogP contribution >= 0.6 is 0 Å². The van der Waals surface area contributed by atoms with Crippen molar-refractivity contribution < 1.29 is 19.6 Å². The number of fused-ring (bicyclic) bond motifs is 1. The Morgan fingerprint density at radius 3 is 2.43 bits per heavy atom. The lowest BCUT2D eigenvalue weighted by molar-refractivity contribution is 0.0574. The van der Waals surface area contributed by atoms with Gasteiger partial charge >= 0.3 is 13.2 Å². The topological polar surface area (TPSA) is 70.0 Å². The molecule has 1 aromatic carbocycles. The molecule has 0 radical (unpaired) electrons. The predicted molar refractivity (Wildman–Crippen MR) is 92.2 cm³/mol. The average Bonchev–Trinajstić information content (AvgIpc) is 2.35. The number of anilines is 1. The first-order valence-corrected chi connectivity index (χ1v) is 7.94. The molecule has 6 heteroatoms. The van der Waals surface area contributed by atoms with Gasteiger partial charge in [0.15, 0.2) is 0 Å². The van der Waals surface area contributed by atoms with E-state index in [4.69, 9.17) is 4.74 Å². The van der Waals surface area contributed by atoms with Crippen LogP contribution in [0.25, 0.3) is 0 Å². The second-order valence-electron chi connectivity index (χ2n) is 7.87. The first-order chi connectivity index (χ1) is 10.4. The first kappa shape index (κ1) is 17.8. The van der Waals surface area contributed by atoms with E-state index >= 15 is 0 Å². The van der Waals surface area contributed by atoms with Gasteiger partial charge in [-0.2, -0.15) is 0 Å². The van der Waals surface area contributed by atoms with E-state index in [-0.39, 0.29) is 11.5 Å². The molecule has 1 aliphatic rings. The Morgan fingerprint density at radius 1 is 1.30 bits per heavy atom. The number of carbonyl (C=O) groups excluding carboxylic acids is 1. The zero-order valence-corrected chi connectivity index (χ0v) is 14.8. The summed E-state index contributed by atoms with van der Waals surface area (Å²) in [7, 11) is -1.52. The lowest BCUT2D eigenvalue weighted by Gasteiger charge is -2.40. The monoisotopic (exact) mass is 319 g/mol. The van der Waals surface area contributed by atoms with Crippen molar-refractivity contribution in [3.63, 3.8) is 0 Å². The Bertz CT molecular complexity index is 620. The van der Waals surface area contributed by atoms with E-state index in [0.717, 1.165) is 23.2 Å². The minimum absolute atomic E-state index is 0.148. The molecule has 0 atom stereocenters. The number of amides is 1. The molecule has 1 aliphatic heterocycles. The maximum Gasteiger partial charge on any atom is 0.488 e. The van der Waals surface area contributed by atoms with Crippen LogP contribution in [0.1, 0.15) is 52.2 Å². The summed E-state index contributed by atoms with van der Waals surface area (Å²) in [6, 6.07) is 3.64. The highest BCUT2D eigenvalue weighted by atomic mass is 16.6. The first-order valence-electron chi connectivity index (χ1n) is 7.94. The highest BCUT2D eigenvalue weighted by Gasteiger charge is 2.36. The van der Waals surface area contributed by atoms with Gasteiger partial charge in [0.2, 0.25) is 0 Å². The van der Waals surface area contributed by atoms with E-state index in [1.54, 1.807) is 11.0 Å². The molecule has 0 aromatic heterocycles. The largest absolute Gasteiger partial charge is 0.488 e. The number of aryl methyl sites for hydroxylation is 1. The predicted octanol–water partition coefficient (Wildman–Crippen LogP) is 2.10. The number of carbonyl (C=O) groups is 1. The Morgan fingerprint density at radius 2 is 1.91 bits per heavy atom. The van der Waals surface area contributed by atoms with Crippen molar-refractivity contribution in [3.05, 3.63) is 23.3 Å². The normalized spacial score (nSPS) is 16.8. The maximum absolute atomic E-state index is 12.5. The van der Waals surface area contributed by atoms with Crippen molar-refractivity contribution in [1.29, 1.82) is 0 Å². The fourth-order valence-electron chi connectivity index (χ4n) is 2.91. The highest BCUT2D eigenvalue weighted by Crippen LogP contribution is 2.40. The van der Waals surface area contributed by atoms with Crippen LogP contribution in [0.5, 0.6) is 0 Å². The Kier molecular flexibility index (Phi) is 4.52. The molecule has 0 saturated heterocycles. The third kappa shape index (κ3) is 3.70. The number of ether oxygens (including phenoxy) is 1. The summed E-state index contributed by atoms with van der Waals surface area (Å²) >= 11 is 0. The molecule has 2 N–H and O–H groups in total. The van der Waals surface area contributed by atoms with Crippen LogP contribution in [0.2, 0.25) is 0 Å². The standard InChI is InChI=1S/C17H26BNO4/c1-11-9-14-12(10-13(11)18(21)22)17(5,6)7-8-19(14)15(20)23-16(2,3)4/h9-10,21-22H,7-8H2,1-6H3. The third-order valence-electron chi connectivity index (χ3n) is 4.26. The van der Waals surface area contributed by atoms with Gasteiger partial charge in [-0.3, -0.25) is 4.90 Å². The van der Waals surface area contributed by atoms with Crippen molar-refractivity contribution in [1.82, 2.24) is 0 Å². The number of hydrogen-bond acceptors (Lipinski definition) is 4. The summed E-state index contributed by atoms with van der Waals surface area (Å²) in [6.45, 7) is 12.1. The summed E-state index contributed by atoms with van der Waals surface area (Å²) in [4.78, 5) is 14.2. The summed E-state index contributed by atoms with van der Waals surface area (Å²) < 4.78 is 5.51. The van der Waals surface area contributed by atoms with Crippen LogP contribution in [0.4, 0.5) is 10.5 Å². The van der Waals surface area contributed by atoms with Gasteiger partial charge in [0.25, 0.3) is 0 Å². The van der Waals surface area contributed by atoms with Crippen LogP contribution in [-0.2, 0) is 10.2 Å². The van der Waals surface area contributed by atoms with Crippen molar-refractivity contribution >= 4 is 24.4 Å². The molecule has 0 unspecified atom stereocenters. The molecule has 1 heterocycles. The fourth-order valence-corrected chi connectivity index (χ4v) is 2.91. The minimum atomic E-state index is -1.52. The molecule has 0 saturated carbocycles.